The Kier molecular flexibility index (Phi) is 3.84. The molecule has 3 atom stereocenters. The third kappa shape index (κ3) is 2.67. The van der Waals surface area contributed by atoms with E-state index in [4.69, 9.17) is 0 Å². The van der Waals surface area contributed by atoms with Gasteiger partial charge in [-0.1, -0.05) is 25.7 Å². The Morgan fingerprint density at radius 3 is 2.53 bits per heavy atom. The van der Waals surface area contributed by atoms with Gasteiger partial charge in [-0.2, -0.15) is 0 Å². The third-order valence-electron chi connectivity index (χ3n) is 5.96. The predicted molar refractivity (Wildman–Crippen MR) is 74.6 cm³/mol. The Labute approximate surface area is 116 Å². The van der Waals surface area contributed by atoms with Crippen molar-refractivity contribution < 1.29 is 9.90 Å². The summed E-state index contributed by atoms with van der Waals surface area (Å²) < 4.78 is 0. The smallest absolute Gasteiger partial charge is 0.223 e. The van der Waals surface area contributed by atoms with E-state index in [0.29, 0.717) is 12.5 Å². The van der Waals surface area contributed by atoms with Crippen LogP contribution in [0, 0.1) is 23.2 Å². The molecule has 3 unspecified atom stereocenters. The Bertz CT molecular complexity index is 336. The summed E-state index contributed by atoms with van der Waals surface area (Å²) in [6.45, 7) is 0.917. The molecule has 2 N–H and O–H groups in total. The molecule has 0 aromatic carbocycles. The molecule has 0 spiro atoms. The maximum absolute atomic E-state index is 12.3. The van der Waals surface area contributed by atoms with Crippen LogP contribution in [-0.2, 0) is 4.79 Å². The molecular weight excluding hydrogens is 238 g/mol. The van der Waals surface area contributed by atoms with Gasteiger partial charge >= 0.3 is 0 Å². The van der Waals surface area contributed by atoms with E-state index < -0.39 is 0 Å². The molecule has 0 heterocycles. The molecule has 3 rings (SSSR count). The lowest BCUT2D eigenvalue weighted by Gasteiger charge is -2.36. The number of carbonyl (C=O) groups excluding carboxylic acids is 1. The average Bonchev–Trinajstić information content (AvgIpc) is 3.08. The Morgan fingerprint density at radius 2 is 1.95 bits per heavy atom. The van der Waals surface area contributed by atoms with Crippen molar-refractivity contribution in [3.05, 3.63) is 0 Å². The Morgan fingerprint density at radius 1 is 1.16 bits per heavy atom. The summed E-state index contributed by atoms with van der Waals surface area (Å²) in [6.07, 6.45) is 10.8. The SMILES string of the molecule is O=C(NCC1(CO)CCCCC1)C1CC2CCC1C2. The zero-order valence-corrected chi connectivity index (χ0v) is 11.9. The van der Waals surface area contributed by atoms with Gasteiger partial charge in [0.05, 0.1) is 6.61 Å². The summed E-state index contributed by atoms with van der Waals surface area (Å²) in [4.78, 5) is 12.3. The molecule has 3 saturated carbocycles. The van der Waals surface area contributed by atoms with Crippen molar-refractivity contribution in [2.75, 3.05) is 13.2 Å². The molecule has 3 aliphatic rings. The molecule has 0 aromatic heterocycles. The van der Waals surface area contributed by atoms with E-state index in [0.717, 1.165) is 25.2 Å². The monoisotopic (exact) mass is 265 g/mol. The molecule has 0 aromatic rings. The fraction of sp³-hybridized carbons (Fsp3) is 0.938. The predicted octanol–water partition coefficient (Wildman–Crippen LogP) is 2.48. The van der Waals surface area contributed by atoms with E-state index in [-0.39, 0.29) is 23.8 Å². The fourth-order valence-corrected chi connectivity index (χ4v) is 4.66. The standard InChI is InChI=1S/C16H27NO2/c18-11-16(6-2-1-3-7-16)10-17-15(19)14-9-12-4-5-13(14)8-12/h12-14,18H,1-11H2,(H,17,19). The van der Waals surface area contributed by atoms with Gasteiger partial charge in [0.15, 0.2) is 0 Å². The van der Waals surface area contributed by atoms with Crippen LogP contribution in [0.3, 0.4) is 0 Å². The van der Waals surface area contributed by atoms with Crippen LogP contribution < -0.4 is 5.32 Å². The average molecular weight is 265 g/mol. The molecule has 3 fully saturated rings. The highest BCUT2D eigenvalue weighted by molar-refractivity contribution is 5.79. The van der Waals surface area contributed by atoms with E-state index in [9.17, 15) is 9.90 Å². The van der Waals surface area contributed by atoms with Crippen molar-refractivity contribution in [2.24, 2.45) is 23.2 Å². The Balaban J connectivity index is 1.52. The van der Waals surface area contributed by atoms with Gasteiger partial charge in [0.25, 0.3) is 0 Å². The third-order valence-corrected chi connectivity index (χ3v) is 5.96. The fourth-order valence-electron chi connectivity index (χ4n) is 4.66. The van der Waals surface area contributed by atoms with Gasteiger partial charge in [0.1, 0.15) is 0 Å². The van der Waals surface area contributed by atoms with Crippen molar-refractivity contribution in [2.45, 2.75) is 57.8 Å². The molecule has 2 bridgehead atoms. The zero-order chi connectivity index (χ0) is 13.3. The number of hydrogen-bond acceptors (Lipinski definition) is 2. The summed E-state index contributed by atoms with van der Waals surface area (Å²) in [5, 5.41) is 12.8. The molecule has 0 aliphatic heterocycles. The lowest BCUT2D eigenvalue weighted by atomic mass is 9.74. The molecule has 3 nitrogen and oxygen atoms in total. The molecule has 1 amide bonds. The lowest BCUT2D eigenvalue weighted by Crippen LogP contribution is -2.44. The minimum Gasteiger partial charge on any atom is -0.396 e. The van der Waals surface area contributed by atoms with Gasteiger partial charge in [0, 0.05) is 17.9 Å². The summed E-state index contributed by atoms with van der Waals surface area (Å²) in [7, 11) is 0. The normalized spacial score (nSPS) is 36.4. The van der Waals surface area contributed by atoms with Gasteiger partial charge in [-0.3, -0.25) is 4.79 Å². The number of amides is 1. The molecule has 3 heteroatoms. The number of aliphatic hydroxyl groups excluding tert-OH is 1. The van der Waals surface area contributed by atoms with E-state index in [1.54, 1.807) is 0 Å². The number of rotatable bonds is 4. The summed E-state index contributed by atoms with van der Waals surface area (Å²) in [5.41, 5.74) is -0.0223. The second-order valence-corrected chi connectivity index (χ2v) is 7.22. The maximum Gasteiger partial charge on any atom is 0.223 e. The minimum absolute atomic E-state index is 0.0223. The topological polar surface area (TPSA) is 49.3 Å². The van der Waals surface area contributed by atoms with E-state index in [1.807, 2.05) is 0 Å². The van der Waals surface area contributed by atoms with Crippen LogP contribution in [0.25, 0.3) is 0 Å². The second kappa shape index (κ2) is 5.43. The van der Waals surface area contributed by atoms with E-state index in [1.165, 1.54) is 38.5 Å². The molecule has 19 heavy (non-hydrogen) atoms. The zero-order valence-electron chi connectivity index (χ0n) is 11.9. The number of hydrogen-bond donors (Lipinski definition) is 2. The minimum atomic E-state index is -0.0223. The molecule has 0 saturated heterocycles. The molecule has 0 radical (unpaired) electrons. The first-order valence-corrected chi connectivity index (χ1v) is 8.11. The highest BCUT2D eigenvalue weighted by Gasteiger charge is 2.43. The summed E-state index contributed by atoms with van der Waals surface area (Å²) in [6, 6.07) is 0. The van der Waals surface area contributed by atoms with Gasteiger partial charge in [-0.05, 0) is 43.9 Å². The van der Waals surface area contributed by atoms with Crippen LogP contribution in [-0.4, -0.2) is 24.2 Å². The van der Waals surface area contributed by atoms with E-state index >= 15 is 0 Å². The second-order valence-electron chi connectivity index (χ2n) is 7.22. The van der Waals surface area contributed by atoms with Crippen LogP contribution in [0.1, 0.15) is 57.8 Å². The van der Waals surface area contributed by atoms with Crippen molar-refractivity contribution in [3.8, 4) is 0 Å². The number of aliphatic hydroxyl groups is 1. The van der Waals surface area contributed by atoms with Crippen LogP contribution in [0.4, 0.5) is 0 Å². The van der Waals surface area contributed by atoms with Crippen molar-refractivity contribution in [1.82, 2.24) is 5.32 Å². The highest BCUT2D eigenvalue weighted by atomic mass is 16.3. The highest BCUT2D eigenvalue weighted by Crippen LogP contribution is 2.48. The summed E-state index contributed by atoms with van der Waals surface area (Å²) >= 11 is 0. The Hall–Kier alpha value is -0.570. The number of nitrogens with one attached hydrogen (secondary N) is 1. The summed E-state index contributed by atoms with van der Waals surface area (Å²) in [5.74, 6) is 2.02. The van der Waals surface area contributed by atoms with Gasteiger partial charge in [-0.25, -0.2) is 0 Å². The lowest BCUT2D eigenvalue weighted by molar-refractivity contribution is -0.127. The van der Waals surface area contributed by atoms with Crippen LogP contribution >= 0.6 is 0 Å². The van der Waals surface area contributed by atoms with Crippen molar-refractivity contribution >= 4 is 5.91 Å². The molecule has 3 aliphatic carbocycles. The first-order chi connectivity index (χ1) is 9.22. The molecule has 108 valence electrons. The van der Waals surface area contributed by atoms with Crippen LogP contribution in [0.2, 0.25) is 0 Å². The largest absolute Gasteiger partial charge is 0.396 e. The van der Waals surface area contributed by atoms with Crippen molar-refractivity contribution in [1.29, 1.82) is 0 Å². The van der Waals surface area contributed by atoms with Gasteiger partial charge in [-0.15, -0.1) is 0 Å². The first-order valence-electron chi connectivity index (χ1n) is 8.11. The van der Waals surface area contributed by atoms with E-state index in [2.05, 4.69) is 5.32 Å². The van der Waals surface area contributed by atoms with Gasteiger partial charge < -0.3 is 10.4 Å². The van der Waals surface area contributed by atoms with Crippen LogP contribution in [0.15, 0.2) is 0 Å². The van der Waals surface area contributed by atoms with Crippen molar-refractivity contribution in [3.63, 3.8) is 0 Å². The van der Waals surface area contributed by atoms with Gasteiger partial charge in [0.2, 0.25) is 5.91 Å². The maximum atomic E-state index is 12.3. The van der Waals surface area contributed by atoms with Crippen LogP contribution in [0.5, 0.6) is 0 Å². The first kappa shape index (κ1) is 13.4. The number of carbonyl (C=O) groups is 1. The molecular formula is C16H27NO2. The number of fused-ring (bicyclic) bond motifs is 2. The quantitative estimate of drug-likeness (QED) is 0.820.